The lowest BCUT2D eigenvalue weighted by molar-refractivity contribution is 0.603. The van der Waals surface area contributed by atoms with Crippen LogP contribution in [0.15, 0.2) is 58.8 Å². The first-order chi connectivity index (χ1) is 11.9. The summed E-state index contributed by atoms with van der Waals surface area (Å²) < 4.78 is 27.4. The van der Waals surface area contributed by atoms with Gasteiger partial charge in [0.05, 0.1) is 4.34 Å². The number of benzene rings is 1. The van der Waals surface area contributed by atoms with Crippen LogP contribution in [0.1, 0.15) is 18.5 Å². The van der Waals surface area contributed by atoms with Gasteiger partial charge in [0.2, 0.25) is 0 Å². The third-order valence-corrected chi connectivity index (χ3v) is 6.46. The monoisotopic (exact) mass is 394 g/mol. The molecule has 0 spiro atoms. The third-order valence-electron chi connectivity index (χ3n) is 3.38. The van der Waals surface area contributed by atoms with Crippen molar-refractivity contribution in [3.8, 4) is 0 Å². The smallest absolute Gasteiger partial charge is 0.272 e. The molecular weight excluding hydrogens is 380 g/mol. The van der Waals surface area contributed by atoms with Crippen molar-refractivity contribution in [1.82, 2.24) is 10.2 Å². The number of hydrogen-bond acceptors (Lipinski definition) is 6. The Balaban J connectivity index is 1.68. The van der Waals surface area contributed by atoms with Gasteiger partial charge in [-0.05, 0) is 36.8 Å². The van der Waals surface area contributed by atoms with Gasteiger partial charge in [0.1, 0.15) is 10.0 Å². The van der Waals surface area contributed by atoms with Crippen LogP contribution in [0.25, 0.3) is 0 Å². The number of nitrogens with zero attached hydrogens (tertiary/aromatic N) is 2. The van der Waals surface area contributed by atoms with E-state index in [-0.39, 0.29) is 16.1 Å². The third kappa shape index (κ3) is 4.47. The van der Waals surface area contributed by atoms with Gasteiger partial charge >= 0.3 is 0 Å². The van der Waals surface area contributed by atoms with E-state index in [0.29, 0.717) is 10.2 Å². The Morgan fingerprint density at radius 1 is 1.00 bits per heavy atom. The van der Waals surface area contributed by atoms with Crippen LogP contribution in [0.4, 0.5) is 11.6 Å². The van der Waals surface area contributed by atoms with Crippen LogP contribution in [-0.4, -0.2) is 18.6 Å². The lowest BCUT2D eigenvalue weighted by atomic mass is 10.1. The van der Waals surface area contributed by atoms with E-state index in [1.165, 1.54) is 12.1 Å². The van der Waals surface area contributed by atoms with Crippen molar-refractivity contribution in [3.63, 3.8) is 0 Å². The molecule has 0 saturated carbocycles. The fourth-order valence-corrected chi connectivity index (χ4v) is 4.62. The van der Waals surface area contributed by atoms with E-state index in [4.69, 9.17) is 11.6 Å². The quantitative estimate of drug-likeness (QED) is 0.655. The first kappa shape index (κ1) is 17.7. The van der Waals surface area contributed by atoms with Gasteiger partial charge in [0.25, 0.3) is 10.0 Å². The molecule has 9 heteroatoms. The number of aromatic nitrogens is 2. The summed E-state index contributed by atoms with van der Waals surface area (Å²) in [7, 11) is -3.71. The Hall–Kier alpha value is -2.16. The Kier molecular flexibility index (Phi) is 5.22. The molecule has 3 aromatic rings. The molecule has 0 saturated heterocycles. The second kappa shape index (κ2) is 7.38. The van der Waals surface area contributed by atoms with E-state index in [1.54, 1.807) is 12.1 Å². The highest BCUT2D eigenvalue weighted by Gasteiger charge is 2.17. The molecular formula is C16H15ClN4O2S2. The van der Waals surface area contributed by atoms with Crippen molar-refractivity contribution >= 4 is 44.6 Å². The molecule has 0 fully saturated rings. The summed E-state index contributed by atoms with van der Waals surface area (Å²) in [6, 6.07) is 16.2. The minimum Gasteiger partial charge on any atom is -0.362 e. The maximum Gasteiger partial charge on any atom is 0.272 e. The Labute approximate surface area is 154 Å². The van der Waals surface area contributed by atoms with Gasteiger partial charge in [-0.3, -0.25) is 4.72 Å². The van der Waals surface area contributed by atoms with Crippen LogP contribution in [0.5, 0.6) is 0 Å². The molecule has 2 aromatic heterocycles. The summed E-state index contributed by atoms with van der Waals surface area (Å²) in [4.78, 5) is 0. The van der Waals surface area contributed by atoms with Crippen LogP contribution in [0.3, 0.4) is 0 Å². The summed E-state index contributed by atoms with van der Waals surface area (Å²) in [6.45, 7) is 2.01. The lowest BCUT2D eigenvalue weighted by Gasteiger charge is -2.14. The number of thiophene rings is 1. The number of hydrogen-bond donors (Lipinski definition) is 2. The molecule has 2 N–H and O–H groups in total. The van der Waals surface area contributed by atoms with E-state index in [0.717, 1.165) is 16.9 Å². The number of sulfonamides is 1. The molecule has 1 atom stereocenters. The molecule has 130 valence electrons. The molecule has 1 aromatic carbocycles. The van der Waals surface area contributed by atoms with Crippen molar-refractivity contribution in [2.45, 2.75) is 17.2 Å². The Morgan fingerprint density at radius 3 is 2.28 bits per heavy atom. The Bertz CT molecular complexity index is 944. The summed E-state index contributed by atoms with van der Waals surface area (Å²) in [5, 5.41) is 11.1. The topological polar surface area (TPSA) is 84.0 Å². The SMILES string of the molecule is CC(Nc1ccc(NS(=O)(=O)c2ccc(Cl)s2)nn1)c1ccccc1. The van der Waals surface area contributed by atoms with Gasteiger partial charge in [-0.1, -0.05) is 41.9 Å². The van der Waals surface area contributed by atoms with Crippen molar-refractivity contribution in [2.75, 3.05) is 10.0 Å². The predicted octanol–water partition coefficient (Wildman–Crippen LogP) is 4.17. The van der Waals surface area contributed by atoms with Crippen molar-refractivity contribution in [1.29, 1.82) is 0 Å². The molecule has 0 radical (unpaired) electrons. The van der Waals surface area contributed by atoms with Crippen LogP contribution in [-0.2, 0) is 10.0 Å². The molecule has 0 aliphatic heterocycles. The first-order valence-electron chi connectivity index (χ1n) is 7.37. The van der Waals surface area contributed by atoms with Crippen molar-refractivity contribution in [3.05, 3.63) is 64.5 Å². The molecule has 0 aliphatic carbocycles. The van der Waals surface area contributed by atoms with Gasteiger partial charge in [-0.15, -0.1) is 21.5 Å². The zero-order chi connectivity index (χ0) is 17.9. The average Bonchev–Trinajstić information content (AvgIpc) is 3.05. The summed E-state index contributed by atoms with van der Waals surface area (Å²) in [6.07, 6.45) is 0. The standard InChI is InChI=1S/C16H15ClN4O2S2/c1-11(12-5-3-2-4-6-12)18-14-8-9-15(20-19-14)21-25(22,23)16-10-7-13(17)24-16/h2-11H,1H3,(H,18,19)(H,20,21). The fourth-order valence-electron chi connectivity index (χ4n) is 2.14. The van der Waals surface area contributed by atoms with Crippen LogP contribution >= 0.6 is 22.9 Å². The van der Waals surface area contributed by atoms with E-state index >= 15 is 0 Å². The summed E-state index contributed by atoms with van der Waals surface area (Å²) in [5.41, 5.74) is 1.11. The fraction of sp³-hybridized carbons (Fsp3) is 0.125. The lowest BCUT2D eigenvalue weighted by Crippen LogP contribution is -2.14. The zero-order valence-electron chi connectivity index (χ0n) is 13.2. The predicted molar refractivity (Wildman–Crippen MR) is 101 cm³/mol. The number of nitrogens with one attached hydrogen (secondary N) is 2. The van der Waals surface area contributed by atoms with Crippen molar-refractivity contribution < 1.29 is 8.42 Å². The van der Waals surface area contributed by atoms with Crippen LogP contribution in [0.2, 0.25) is 4.34 Å². The number of anilines is 2. The maximum atomic E-state index is 12.2. The minimum absolute atomic E-state index is 0.0475. The maximum absolute atomic E-state index is 12.2. The number of halogens is 1. The second-order valence-corrected chi connectivity index (χ2v) is 8.87. The van der Waals surface area contributed by atoms with Crippen LogP contribution in [0, 0.1) is 0 Å². The van der Waals surface area contributed by atoms with E-state index < -0.39 is 10.0 Å². The van der Waals surface area contributed by atoms with Gasteiger partial charge in [0, 0.05) is 6.04 Å². The highest BCUT2D eigenvalue weighted by atomic mass is 35.5. The molecule has 0 amide bonds. The molecule has 2 heterocycles. The van der Waals surface area contributed by atoms with Gasteiger partial charge in [-0.2, -0.15) is 0 Å². The van der Waals surface area contributed by atoms with Gasteiger partial charge in [0.15, 0.2) is 5.82 Å². The normalized spacial score (nSPS) is 12.6. The second-order valence-electron chi connectivity index (χ2n) is 5.24. The van der Waals surface area contributed by atoms with E-state index in [9.17, 15) is 8.42 Å². The summed E-state index contributed by atoms with van der Waals surface area (Å²) >= 11 is 6.76. The van der Waals surface area contributed by atoms with Gasteiger partial charge in [-0.25, -0.2) is 8.42 Å². The average molecular weight is 395 g/mol. The molecule has 0 aliphatic rings. The highest BCUT2D eigenvalue weighted by molar-refractivity contribution is 7.94. The Morgan fingerprint density at radius 2 is 1.68 bits per heavy atom. The minimum atomic E-state index is -3.71. The van der Waals surface area contributed by atoms with E-state index in [1.807, 2.05) is 37.3 Å². The largest absolute Gasteiger partial charge is 0.362 e. The van der Waals surface area contributed by atoms with E-state index in [2.05, 4.69) is 20.2 Å². The molecule has 0 bridgehead atoms. The zero-order valence-corrected chi connectivity index (χ0v) is 15.6. The number of rotatable bonds is 6. The molecule has 25 heavy (non-hydrogen) atoms. The van der Waals surface area contributed by atoms with Crippen molar-refractivity contribution in [2.24, 2.45) is 0 Å². The first-order valence-corrected chi connectivity index (χ1v) is 10.1. The van der Waals surface area contributed by atoms with Crippen LogP contribution < -0.4 is 10.0 Å². The highest BCUT2D eigenvalue weighted by Crippen LogP contribution is 2.27. The molecule has 6 nitrogen and oxygen atoms in total. The summed E-state index contributed by atoms with van der Waals surface area (Å²) in [5.74, 6) is 0.695. The van der Waals surface area contributed by atoms with Gasteiger partial charge < -0.3 is 5.32 Å². The molecule has 3 rings (SSSR count). The molecule has 1 unspecified atom stereocenters.